The Morgan fingerprint density at radius 3 is 2.38 bits per heavy atom. The van der Waals surface area contributed by atoms with E-state index < -0.39 is 29.4 Å². The van der Waals surface area contributed by atoms with Gasteiger partial charge in [0.05, 0.1) is 11.2 Å². The Hall–Kier alpha value is -3.49. The molecule has 0 unspecified atom stereocenters. The van der Waals surface area contributed by atoms with Crippen molar-refractivity contribution in [3.63, 3.8) is 0 Å². The molecule has 37 heavy (non-hydrogen) atoms. The number of aromatic nitrogens is 1. The predicted octanol–water partition coefficient (Wildman–Crippen LogP) is 6.17. The van der Waals surface area contributed by atoms with E-state index in [2.05, 4.69) is 15.6 Å². The molecule has 1 heterocycles. The van der Waals surface area contributed by atoms with Crippen LogP contribution in [0.2, 0.25) is 0 Å². The van der Waals surface area contributed by atoms with Gasteiger partial charge in [0.25, 0.3) is 0 Å². The number of rotatable bonds is 7. The van der Waals surface area contributed by atoms with Crippen LogP contribution >= 0.6 is 0 Å². The van der Waals surface area contributed by atoms with Crippen LogP contribution in [0.4, 0.5) is 18.0 Å². The van der Waals surface area contributed by atoms with Gasteiger partial charge in [-0.05, 0) is 93.3 Å². The van der Waals surface area contributed by atoms with E-state index in [0.29, 0.717) is 42.5 Å². The minimum absolute atomic E-state index is 0.0127. The Morgan fingerprint density at radius 2 is 1.76 bits per heavy atom. The number of nitrogens with one attached hydrogen (secondary N) is 3. The van der Waals surface area contributed by atoms with Gasteiger partial charge in [-0.3, -0.25) is 4.79 Å². The molecule has 6 nitrogen and oxygen atoms in total. The summed E-state index contributed by atoms with van der Waals surface area (Å²) in [5.74, 6) is -1.85. The third kappa shape index (κ3) is 6.09. The molecule has 1 aliphatic rings. The molecule has 1 atom stereocenters. The number of hydrogen-bond donors (Lipinski definition) is 3. The van der Waals surface area contributed by atoms with E-state index in [1.807, 2.05) is 0 Å². The third-order valence-electron chi connectivity index (χ3n) is 6.62. The van der Waals surface area contributed by atoms with Gasteiger partial charge in [0.15, 0.2) is 0 Å². The summed E-state index contributed by atoms with van der Waals surface area (Å²) in [4.78, 5) is 27.8. The van der Waals surface area contributed by atoms with E-state index in [0.717, 1.165) is 11.6 Å². The van der Waals surface area contributed by atoms with Gasteiger partial charge in [-0.25, -0.2) is 18.0 Å². The zero-order valence-electron chi connectivity index (χ0n) is 21.4. The number of halogens is 3. The van der Waals surface area contributed by atoms with Gasteiger partial charge in [-0.2, -0.15) is 0 Å². The second kappa shape index (κ2) is 10.5. The highest BCUT2D eigenvalue weighted by Crippen LogP contribution is 2.48. The molecular formula is C28H32F3N3O3. The van der Waals surface area contributed by atoms with Crippen LogP contribution in [0.25, 0.3) is 22.2 Å². The molecule has 9 heteroatoms. The molecule has 1 aliphatic carbocycles. The SMILES string of the molecule is CC[C@H](NC(=O)OC(C)(C)C)C(=O)NC[C@H]1C[C@H](c2c(-c3ccc(F)cc3)[nH]c3c(F)cc(F)cc32)C1. The fourth-order valence-corrected chi connectivity index (χ4v) is 4.82. The number of fused-ring (bicyclic) bond motifs is 1. The average Bonchev–Trinajstić information content (AvgIpc) is 3.15. The lowest BCUT2D eigenvalue weighted by atomic mass is 9.70. The van der Waals surface area contributed by atoms with Gasteiger partial charge < -0.3 is 20.4 Å². The maximum Gasteiger partial charge on any atom is 0.408 e. The van der Waals surface area contributed by atoms with Gasteiger partial charge in [-0.1, -0.05) is 6.92 Å². The van der Waals surface area contributed by atoms with Crippen molar-refractivity contribution in [2.75, 3.05) is 6.54 Å². The standard InChI is InChI=1S/C28H32F3N3O3/c1-5-22(33-27(36)37-28(2,3)4)26(35)32-14-15-10-17(11-15)23-20-12-19(30)13-21(31)25(20)34-24(23)16-6-8-18(29)9-7-16/h6-9,12-13,15,17,22,34H,5,10-11,14H2,1-4H3,(H,32,35)(H,33,36)/t15-,17-,22-/m0/s1. The van der Waals surface area contributed by atoms with Crippen LogP contribution in [-0.2, 0) is 9.53 Å². The molecule has 0 radical (unpaired) electrons. The molecule has 0 bridgehead atoms. The number of carbonyl (C=O) groups excluding carboxylic acids is 2. The number of ether oxygens (including phenoxy) is 1. The lowest BCUT2D eigenvalue weighted by molar-refractivity contribution is -0.123. The molecule has 198 valence electrons. The van der Waals surface area contributed by atoms with E-state index in [1.165, 1.54) is 18.2 Å². The molecule has 3 aromatic rings. The Labute approximate surface area is 214 Å². The van der Waals surface area contributed by atoms with Gasteiger partial charge in [-0.15, -0.1) is 0 Å². The first kappa shape index (κ1) is 26.6. The number of carbonyl (C=O) groups is 2. The number of hydrogen-bond acceptors (Lipinski definition) is 3. The lowest BCUT2D eigenvalue weighted by Crippen LogP contribution is -2.49. The Balaban J connectivity index is 1.44. The van der Waals surface area contributed by atoms with E-state index in [-0.39, 0.29) is 29.1 Å². The molecule has 1 aromatic heterocycles. The Kier molecular flexibility index (Phi) is 7.52. The van der Waals surface area contributed by atoms with Crippen LogP contribution in [0.3, 0.4) is 0 Å². The number of alkyl carbamates (subject to hydrolysis) is 1. The smallest absolute Gasteiger partial charge is 0.408 e. The molecule has 4 rings (SSSR count). The largest absolute Gasteiger partial charge is 0.444 e. The maximum atomic E-state index is 14.6. The lowest BCUT2D eigenvalue weighted by Gasteiger charge is -2.36. The van der Waals surface area contributed by atoms with Gasteiger partial charge in [0, 0.05) is 18.0 Å². The summed E-state index contributed by atoms with van der Waals surface area (Å²) in [5.41, 5.74) is 1.66. The minimum atomic E-state index is -0.713. The van der Waals surface area contributed by atoms with Crippen molar-refractivity contribution >= 4 is 22.9 Å². The predicted molar refractivity (Wildman–Crippen MR) is 136 cm³/mol. The average molecular weight is 516 g/mol. The second-order valence-electron chi connectivity index (χ2n) is 10.6. The van der Waals surface area contributed by atoms with Crippen molar-refractivity contribution in [2.45, 2.75) is 64.5 Å². The molecule has 0 spiro atoms. The molecule has 1 saturated carbocycles. The Bertz CT molecular complexity index is 1290. The van der Waals surface area contributed by atoms with Crippen molar-refractivity contribution in [1.82, 2.24) is 15.6 Å². The maximum absolute atomic E-state index is 14.6. The summed E-state index contributed by atoms with van der Waals surface area (Å²) in [6.07, 6.45) is 1.17. The van der Waals surface area contributed by atoms with Gasteiger partial charge in [0.2, 0.25) is 5.91 Å². The van der Waals surface area contributed by atoms with Gasteiger partial charge >= 0.3 is 6.09 Å². The Morgan fingerprint density at radius 1 is 1.08 bits per heavy atom. The van der Waals surface area contributed by atoms with Crippen LogP contribution in [0.15, 0.2) is 36.4 Å². The number of H-pyrrole nitrogens is 1. The first-order chi connectivity index (χ1) is 17.4. The van der Waals surface area contributed by atoms with Gasteiger partial charge in [0.1, 0.15) is 29.1 Å². The minimum Gasteiger partial charge on any atom is -0.444 e. The molecule has 2 amide bonds. The van der Waals surface area contributed by atoms with Crippen LogP contribution in [-0.4, -0.2) is 35.2 Å². The number of aromatic amines is 1. The molecular weight excluding hydrogens is 483 g/mol. The zero-order valence-corrected chi connectivity index (χ0v) is 21.4. The highest BCUT2D eigenvalue weighted by molar-refractivity contribution is 5.92. The monoisotopic (exact) mass is 515 g/mol. The van der Waals surface area contributed by atoms with Crippen LogP contribution < -0.4 is 10.6 Å². The van der Waals surface area contributed by atoms with E-state index in [1.54, 1.807) is 39.8 Å². The quantitative estimate of drug-likeness (QED) is 0.352. The number of amides is 2. The summed E-state index contributed by atoms with van der Waals surface area (Å²) in [5, 5.41) is 5.97. The molecule has 3 N–H and O–H groups in total. The summed E-state index contributed by atoms with van der Waals surface area (Å²) < 4.78 is 47.4. The van der Waals surface area contributed by atoms with Crippen molar-refractivity contribution in [3.05, 3.63) is 59.4 Å². The molecule has 0 aliphatic heterocycles. The van der Waals surface area contributed by atoms with Crippen molar-refractivity contribution < 1.29 is 27.5 Å². The highest BCUT2D eigenvalue weighted by Gasteiger charge is 2.35. The van der Waals surface area contributed by atoms with E-state index >= 15 is 0 Å². The van der Waals surface area contributed by atoms with Crippen LogP contribution in [0.1, 0.15) is 58.4 Å². The van der Waals surface area contributed by atoms with Crippen molar-refractivity contribution in [2.24, 2.45) is 5.92 Å². The summed E-state index contributed by atoms with van der Waals surface area (Å²) >= 11 is 0. The second-order valence-corrected chi connectivity index (χ2v) is 10.6. The van der Waals surface area contributed by atoms with Crippen LogP contribution in [0.5, 0.6) is 0 Å². The van der Waals surface area contributed by atoms with Crippen molar-refractivity contribution in [3.8, 4) is 11.3 Å². The zero-order chi connectivity index (χ0) is 26.9. The summed E-state index contributed by atoms with van der Waals surface area (Å²) in [6, 6.07) is 7.32. The molecule has 1 fully saturated rings. The summed E-state index contributed by atoms with van der Waals surface area (Å²) in [6.45, 7) is 7.46. The fourth-order valence-electron chi connectivity index (χ4n) is 4.82. The fraction of sp³-hybridized carbons (Fsp3) is 0.429. The van der Waals surface area contributed by atoms with Crippen molar-refractivity contribution in [1.29, 1.82) is 0 Å². The normalized spacial score (nSPS) is 18.2. The molecule has 0 saturated heterocycles. The van der Waals surface area contributed by atoms with Crippen LogP contribution in [0, 0.1) is 23.4 Å². The first-order valence-electron chi connectivity index (χ1n) is 12.5. The molecule has 2 aromatic carbocycles. The van der Waals surface area contributed by atoms with E-state index in [9.17, 15) is 22.8 Å². The number of benzene rings is 2. The summed E-state index contributed by atoms with van der Waals surface area (Å²) in [7, 11) is 0. The first-order valence-corrected chi connectivity index (χ1v) is 12.5. The topological polar surface area (TPSA) is 83.2 Å². The highest BCUT2D eigenvalue weighted by atomic mass is 19.1. The van der Waals surface area contributed by atoms with E-state index in [4.69, 9.17) is 4.74 Å². The third-order valence-corrected chi connectivity index (χ3v) is 6.62.